The van der Waals surface area contributed by atoms with E-state index < -0.39 is 21.5 Å². The van der Waals surface area contributed by atoms with Gasteiger partial charge in [-0.1, -0.05) is 23.7 Å². The van der Waals surface area contributed by atoms with Gasteiger partial charge in [-0.05, 0) is 38.5 Å². The zero-order valence-electron chi connectivity index (χ0n) is 13.4. The summed E-state index contributed by atoms with van der Waals surface area (Å²) in [6.45, 7) is 5.11. The van der Waals surface area contributed by atoms with Crippen LogP contribution < -0.4 is 4.72 Å². The summed E-state index contributed by atoms with van der Waals surface area (Å²) in [6.07, 6.45) is 1.04. The van der Waals surface area contributed by atoms with Crippen LogP contribution in [-0.4, -0.2) is 34.6 Å². The lowest BCUT2D eigenvalue weighted by molar-refractivity contribution is 0.0684. The molecule has 1 aromatic heterocycles. The number of nitrogens with zero attached hydrogens (tertiary/aromatic N) is 2. The highest BCUT2D eigenvalue weighted by atomic mass is 35.5. The zero-order chi connectivity index (χ0) is 18.1. The van der Waals surface area contributed by atoms with E-state index in [0.29, 0.717) is 10.6 Å². The topological polar surface area (TPSA) is 101 Å². The summed E-state index contributed by atoms with van der Waals surface area (Å²) in [4.78, 5) is 15.2. The van der Waals surface area contributed by atoms with Crippen molar-refractivity contribution in [2.24, 2.45) is 0 Å². The number of halogens is 1. The van der Waals surface area contributed by atoms with Crippen molar-refractivity contribution in [2.75, 3.05) is 0 Å². The summed E-state index contributed by atoms with van der Waals surface area (Å²) in [5.74, 6) is -1.26. The minimum atomic E-state index is -3.98. The first kappa shape index (κ1) is 18.4. The third kappa shape index (κ3) is 4.34. The van der Waals surface area contributed by atoms with Crippen molar-refractivity contribution in [1.82, 2.24) is 14.3 Å². The molecule has 0 bridgehead atoms. The second-order valence-corrected chi connectivity index (χ2v) is 8.31. The zero-order valence-corrected chi connectivity index (χ0v) is 15.0. The molecule has 130 valence electrons. The summed E-state index contributed by atoms with van der Waals surface area (Å²) in [5.41, 5.74) is -0.231. The number of benzene rings is 1. The number of imidazole rings is 1. The first-order valence-electron chi connectivity index (χ1n) is 7.07. The van der Waals surface area contributed by atoms with E-state index in [1.807, 2.05) is 0 Å². The highest BCUT2D eigenvalue weighted by molar-refractivity contribution is 7.89. The van der Waals surface area contributed by atoms with Crippen LogP contribution in [0, 0.1) is 0 Å². The quantitative estimate of drug-likeness (QED) is 0.840. The molecule has 0 amide bonds. The fourth-order valence-corrected chi connectivity index (χ4v) is 3.79. The van der Waals surface area contributed by atoms with E-state index >= 15 is 0 Å². The maximum atomic E-state index is 12.5. The Kier molecular flexibility index (Phi) is 5.03. The smallest absolute Gasteiger partial charge is 0.354 e. The van der Waals surface area contributed by atoms with Crippen molar-refractivity contribution >= 4 is 27.6 Å². The van der Waals surface area contributed by atoms with Gasteiger partial charge in [0.1, 0.15) is 5.69 Å². The molecule has 1 heterocycles. The van der Waals surface area contributed by atoms with Gasteiger partial charge in [-0.15, -0.1) is 0 Å². The van der Waals surface area contributed by atoms with Crippen molar-refractivity contribution in [2.45, 2.75) is 38.0 Å². The fourth-order valence-electron chi connectivity index (χ4n) is 2.12. The minimum absolute atomic E-state index is 0.0409. The van der Waals surface area contributed by atoms with E-state index in [2.05, 4.69) is 9.71 Å². The molecule has 0 unspecified atom stereocenters. The van der Waals surface area contributed by atoms with Crippen LogP contribution in [0.5, 0.6) is 0 Å². The summed E-state index contributed by atoms with van der Waals surface area (Å²) < 4.78 is 28.7. The summed E-state index contributed by atoms with van der Waals surface area (Å²) in [5, 5.41) is 9.49. The van der Waals surface area contributed by atoms with E-state index in [1.165, 1.54) is 0 Å². The van der Waals surface area contributed by atoms with Crippen molar-refractivity contribution in [1.29, 1.82) is 0 Å². The fraction of sp³-hybridized carbons (Fsp3) is 0.333. The number of carboxylic acid groups (broad SMARTS) is 1. The van der Waals surface area contributed by atoms with E-state index in [0.717, 1.165) is 10.8 Å². The van der Waals surface area contributed by atoms with Gasteiger partial charge >= 0.3 is 5.97 Å². The van der Waals surface area contributed by atoms with Gasteiger partial charge in [0, 0.05) is 10.6 Å². The first-order chi connectivity index (χ1) is 11.0. The maximum absolute atomic E-state index is 12.5. The predicted octanol–water partition coefficient (Wildman–Crippen LogP) is 2.36. The Hall–Kier alpha value is -1.90. The molecular weight excluding hydrogens is 354 g/mol. The van der Waals surface area contributed by atoms with Gasteiger partial charge < -0.3 is 9.67 Å². The lowest BCUT2D eigenvalue weighted by atomic mass is 10.1. The van der Waals surface area contributed by atoms with Crippen LogP contribution in [0.15, 0.2) is 35.6 Å². The van der Waals surface area contributed by atoms with Crippen LogP contribution in [0.2, 0.25) is 5.02 Å². The molecule has 0 aliphatic carbocycles. The van der Waals surface area contributed by atoms with Gasteiger partial charge in [0.05, 0.1) is 12.7 Å². The molecule has 0 radical (unpaired) electrons. The van der Waals surface area contributed by atoms with Gasteiger partial charge in [-0.25, -0.2) is 22.9 Å². The van der Waals surface area contributed by atoms with E-state index in [-0.39, 0.29) is 17.4 Å². The molecule has 2 N–H and O–H groups in total. The highest BCUT2D eigenvalue weighted by Gasteiger charge is 2.29. The number of hydrogen-bond acceptors (Lipinski definition) is 4. The van der Waals surface area contributed by atoms with Crippen LogP contribution in [0.1, 0.15) is 36.8 Å². The van der Waals surface area contributed by atoms with Crippen molar-refractivity contribution in [3.8, 4) is 0 Å². The molecule has 1 aromatic carbocycles. The van der Waals surface area contributed by atoms with E-state index in [4.69, 9.17) is 11.6 Å². The Morgan fingerprint density at radius 1 is 1.29 bits per heavy atom. The van der Waals surface area contributed by atoms with Gasteiger partial charge in [-0.2, -0.15) is 0 Å². The lowest BCUT2D eigenvalue weighted by Gasteiger charge is -2.20. The van der Waals surface area contributed by atoms with Crippen LogP contribution >= 0.6 is 11.6 Å². The number of hydrogen-bond donors (Lipinski definition) is 2. The first-order valence-corrected chi connectivity index (χ1v) is 8.93. The molecule has 9 heteroatoms. The van der Waals surface area contributed by atoms with E-state index in [1.54, 1.807) is 45.0 Å². The highest BCUT2D eigenvalue weighted by Crippen LogP contribution is 2.18. The Bertz CT molecular complexity index is 852. The third-order valence-corrected chi connectivity index (χ3v) is 4.91. The molecule has 0 fully saturated rings. The number of aromatic carboxylic acids is 1. The number of carboxylic acids is 1. The molecule has 24 heavy (non-hydrogen) atoms. The second kappa shape index (κ2) is 6.54. The average Bonchev–Trinajstić information content (AvgIpc) is 2.83. The Morgan fingerprint density at radius 3 is 2.38 bits per heavy atom. The second-order valence-electron chi connectivity index (χ2n) is 6.30. The molecule has 0 saturated carbocycles. The maximum Gasteiger partial charge on any atom is 0.354 e. The number of nitrogens with one attached hydrogen (secondary N) is 1. The molecule has 0 saturated heterocycles. The van der Waals surface area contributed by atoms with Crippen molar-refractivity contribution in [3.05, 3.63) is 46.7 Å². The predicted molar refractivity (Wildman–Crippen MR) is 89.8 cm³/mol. The SMILES string of the molecule is CC(C)(C)NS(=O)(=O)c1ncc(C(=O)O)n1Cc1ccc(Cl)cc1. The number of sulfonamides is 1. The Balaban J connectivity index is 2.50. The normalized spacial score (nSPS) is 12.3. The molecule has 0 aliphatic rings. The standard InChI is InChI=1S/C15H18ClN3O4S/c1-15(2,3)18-24(22,23)14-17-8-12(13(20)21)19(14)9-10-4-6-11(16)7-5-10/h4-8,18H,9H2,1-3H3,(H,20,21). The van der Waals surface area contributed by atoms with Crippen LogP contribution in [0.25, 0.3) is 0 Å². The molecule has 0 atom stereocenters. The van der Waals surface area contributed by atoms with Crippen molar-refractivity contribution < 1.29 is 18.3 Å². The van der Waals surface area contributed by atoms with Crippen LogP contribution in [0.4, 0.5) is 0 Å². The third-order valence-electron chi connectivity index (χ3n) is 2.97. The molecule has 0 aliphatic heterocycles. The number of rotatable bonds is 5. The average molecular weight is 372 g/mol. The van der Waals surface area contributed by atoms with Gasteiger partial charge in [-0.3, -0.25) is 0 Å². The monoisotopic (exact) mass is 371 g/mol. The Labute approximate surface area is 145 Å². The number of aromatic nitrogens is 2. The largest absolute Gasteiger partial charge is 0.477 e. The van der Waals surface area contributed by atoms with E-state index in [9.17, 15) is 18.3 Å². The summed E-state index contributed by atoms with van der Waals surface area (Å²) >= 11 is 5.83. The Morgan fingerprint density at radius 2 is 1.88 bits per heavy atom. The summed E-state index contributed by atoms with van der Waals surface area (Å²) in [7, 11) is -3.98. The molecule has 0 spiro atoms. The van der Waals surface area contributed by atoms with Gasteiger partial charge in [0.25, 0.3) is 10.0 Å². The van der Waals surface area contributed by atoms with Crippen LogP contribution in [0.3, 0.4) is 0 Å². The molecule has 2 rings (SSSR count). The van der Waals surface area contributed by atoms with Gasteiger partial charge in [0.2, 0.25) is 5.16 Å². The molecule has 7 nitrogen and oxygen atoms in total. The molecule has 2 aromatic rings. The van der Waals surface area contributed by atoms with Crippen molar-refractivity contribution in [3.63, 3.8) is 0 Å². The van der Waals surface area contributed by atoms with Gasteiger partial charge in [0.15, 0.2) is 0 Å². The lowest BCUT2D eigenvalue weighted by Crippen LogP contribution is -2.41. The summed E-state index contributed by atoms with van der Waals surface area (Å²) in [6, 6.07) is 6.69. The van der Waals surface area contributed by atoms with Crippen LogP contribution in [-0.2, 0) is 16.6 Å². The number of carbonyl (C=O) groups is 1. The minimum Gasteiger partial charge on any atom is -0.477 e. The molecular formula is C15H18ClN3O4S.